The highest BCUT2D eigenvalue weighted by Crippen LogP contribution is 2.22. The van der Waals surface area contributed by atoms with Gasteiger partial charge in [-0.25, -0.2) is 17.8 Å². The molecule has 0 saturated carbocycles. The Morgan fingerprint density at radius 1 is 1.25 bits per heavy atom. The predicted octanol–water partition coefficient (Wildman–Crippen LogP) is 2.83. The Kier molecular flexibility index (Phi) is 4.24. The first-order valence-corrected chi connectivity index (χ1v) is 7.81. The van der Waals surface area contributed by atoms with E-state index in [1.807, 2.05) is 0 Å². The molecule has 0 bridgehead atoms. The molecule has 20 heavy (non-hydrogen) atoms. The highest BCUT2D eigenvalue weighted by Gasteiger charge is 2.16. The minimum absolute atomic E-state index is 0.0428. The molecule has 0 aliphatic rings. The minimum atomic E-state index is -3.87. The first-order chi connectivity index (χ1) is 9.42. The molecular weight excluding hydrogens is 349 g/mol. The first kappa shape index (κ1) is 14.7. The molecule has 1 heterocycles. The highest BCUT2D eigenvalue weighted by molar-refractivity contribution is 9.10. The molecule has 5 nitrogen and oxygen atoms in total. The number of anilines is 2. The molecule has 0 aliphatic carbocycles. The van der Waals surface area contributed by atoms with Crippen LogP contribution in [0.5, 0.6) is 0 Å². The average Bonchev–Trinajstić information content (AvgIpc) is 2.42. The molecule has 0 radical (unpaired) electrons. The van der Waals surface area contributed by atoms with E-state index in [9.17, 15) is 12.8 Å². The Morgan fingerprint density at radius 2 is 2.00 bits per heavy atom. The average molecular weight is 360 g/mol. The van der Waals surface area contributed by atoms with Crippen LogP contribution in [0.15, 0.2) is 45.9 Å². The Morgan fingerprint density at radius 3 is 2.55 bits per heavy atom. The summed E-state index contributed by atoms with van der Waals surface area (Å²) >= 11 is 3.10. The predicted molar refractivity (Wildman–Crippen MR) is 78.7 cm³/mol. The fraction of sp³-hybridized carbons (Fsp3) is 0.0833. The molecule has 0 unspecified atom stereocenters. The van der Waals surface area contributed by atoms with Gasteiger partial charge in [-0.15, -0.1) is 0 Å². The van der Waals surface area contributed by atoms with Gasteiger partial charge in [0.15, 0.2) is 0 Å². The van der Waals surface area contributed by atoms with Gasteiger partial charge in [0.2, 0.25) is 0 Å². The van der Waals surface area contributed by atoms with Crippen molar-refractivity contribution in [2.75, 3.05) is 17.1 Å². The molecule has 0 fully saturated rings. The lowest BCUT2D eigenvalue weighted by atomic mass is 10.3. The Labute approximate surface area is 124 Å². The fourth-order valence-electron chi connectivity index (χ4n) is 1.46. The van der Waals surface area contributed by atoms with Crippen LogP contribution in [-0.2, 0) is 10.0 Å². The maximum Gasteiger partial charge on any atom is 0.263 e. The van der Waals surface area contributed by atoms with Crippen LogP contribution in [-0.4, -0.2) is 20.4 Å². The van der Waals surface area contributed by atoms with Crippen molar-refractivity contribution in [3.05, 3.63) is 46.8 Å². The standard InChI is InChI=1S/C12H11BrFN3O2S/c1-15-12-5-3-9(7-16-12)20(18,19)17-11-4-2-8(13)6-10(11)14/h2-7,17H,1H3,(H,15,16). The van der Waals surface area contributed by atoms with Crippen molar-refractivity contribution in [3.8, 4) is 0 Å². The summed E-state index contributed by atoms with van der Waals surface area (Å²) in [5, 5.41) is 2.78. The summed E-state index contributed by atoms with van der Waals surface area (Å²) in [5.41, 5.74) is -0.120. The van der Waals surface area contributed by atoms with Gasteiger partial charge in [0.1, 0.15) is 16.5 Å². The van der Waals surface area contributed by atoms with E-state index in [0.717, 1.165) is 0 Å². The van der Waals surface area contributed by atoms with Gasteiger partial charge in [-0.2, -0.15) is 0 Å². The lowest BCUT2D eigenvalue weighted by Crippen LogP contribution is -2.14. The number of rotatable bonds is 4. The lowest BCUT2D eigenvalue weighted by Gasteiger charge is -2.09. The van der Waals surface area contributed by atoms with Crippen molar-refractivity contribution in [3.63, 3.8) is 0 Å². The van der Waals surface area contributed by atoms with Gasteiger partial charge in [-0.3, -0.25) is 4.72 Å². The van der Waals surface area contributed by atoms with Crippen molar-refractivity contribution in [2.24, 2.45) is 0 Å². The number of aromatic nitrogens is 1. The summed E-state index contributed by atoms with van der Waals surface area (Å²) < 4.78 is 40.5. The molecule has 0 amide bonds. The summed E-state index contributed by atoms with van der Waals surface area (Å²) in [4.78, 5) is 3.87. The van der Waals surface area contributed by atoms with Crippen LogP contribution in [0.4, 0.5) is 15.9 Å². The van der Waals surface area contributed by atoms with Gasteiger partial charge >= 0.3 is 0 Å². The molecule has 8 heteroatoms. The number of nitrogens with one attached hydrogen (secondary N) is 2. The van der Waals surface area contributed by atoms with E-state index in [0.29, 0.717) is 10.3 Å². The van der Waals surface area contributed by atoms with Crippen molar-refractivity contribution >= 4 is 37.5 Å². The van der Waals surface area contributed by atoms with E-state index in [1.165, 1.54) is 30.5 Å². The van der Waals surface area contributed by atoms with Gasteiger partial charge < -0.3 is 5.32 Å². The summed E-state index contributed by atoms with van der Waals surface area (Å²) in [5.74, 6) is -0.124. The zero-order valence-electron chi connectivity index (χ0n) is 10.4. The highest BCUT2D eigenvalue weighted by atomic mass is 79.9. The van der Waals surface area contributed by atoms with Crippen molar-refractivity contribution in [2.45, 2.75) is 4.90 Å². The number of hydrogen-bond donors (Lipinski definition) is 2. The van der Waals surface area contributed by atoms with Crippen LogP contribution in [0.2, 0.25) is 0 Å². The fourth-order valence-corrected chi connectivity index (χ4v) is 2.81. The third kappa shape index (κ3) is 3.26. The van der Waals surface area contributed by atoms with Crippen molar-refractivity contribution in [1.82, 2.24) is 4.98 Å². The van der Waals surface area contributed by atoms with Gasteiger partial charge in [0.25, 0.3) is 10.0 Å². The molecule has 0 aliphatic heterocycles. The van der Waals surface area contributed by atoms with Gasteiger partial charge in [0.05, 0.1) is 5.69 Å². The number of benzene rings is 1. The number of hydrogen-bond acceptors (Lipinski definition) is 4. The largest absolute Gasteiger partial charge is 0.373 e. The van der Waals surface area contributed by atoms with Gasteiger partial charge in [-0.05, 0) is 30.3 Å². The second-order valence-corrected chi connectivity index (χ2v) is 6.46. The zero-order valence-corrected chi connectivity index (χ0v) is 12.8. The number of sulfonamides is 1. The quantitative estimate of drug-likeness (QED) is 0.880. The van der Waals surface area contributed by atoms with Crippen molar-refractivity contribution in [1.29, 1.82) is 0 Å². The van der Waals surface area contributed by atoms with Crippen LogP contribution in [0.1, 0.15) is 0 Å². The Bertz CT molecular complexity index is 720. The summed E-state index contributed by atoms with van der Waals surface area (Å²) in [6.45, 7) is 0. The topological polar surface area (TPSA) is 71.1 Å². The molecule has 1 aromatic carbocycles. The maximum atomic E-state index is 13.6. The Balaban J connectivity index is 2.30. The van der Waals surface area contributed by atoms with E-state index >= 15 is 0 Å². The molecule has 2 rings (SSSR count). The normalized spacial score (nSPS) is 11.2. The van der Waals surface area contributed by atoms with Crippen LogP contribution < -0.4 is 10.0 Å². The van der Waals surface area contributed by atoms with E-state index in [1.54, 1.807) is 13.1 Å². The second kappa shape index (κ2) is 5.76. The van der Waals surface area contributed by atoms with E-state index in [2.05, 4.69) is 31.0 Å². The second-order valence-electron chi connectivity index (χ2n) is 3.86. The monoisotopic (exact) mass is 359 g/mol. The van der Waals surface area contributed by atoms with Crippen molar-refractivity contribution < 1.29 is 12.8 Å². The molecule has 0 spiro atoms. The molecule has 106 valence electrons. The Hall–Kier alpha value is -1.67. The van der Waals surface area contributed by atoms with Crippen LogP contribution in [0.3, 0.4) is 0 Å². The molecule has 2 aromatic rings. The first-order valence-electron chi connectivity index (χ1n) is 5.54. The maximum absolute atomic E-state index is 13.6. The molecule has 1 aromatic heterocycles. The van der Waals surface area contributed by atoms with Gasteiger partial charge in [0, 0.05) is 17.7 Å². The lowest BCUT2D eigenvalue weighted by molar-refractivity contribution is 0.598. The number of nitrogens with zero attached hydrogens (tertiary/aromatic N) is 1. The zero-order chi connectivity index (χ0) is 14.8. The van der Waals surface area contributed by atoms with E-state index < -0.39 is 15.8 Å². The summed E-state index contributed by atoms with van der Waals surface area (Å²) in [7, 11) is -2.20. The smallest absolute Gasteiger partial charge is 0.263 e. The third-order valence-corrected chi connectivity index (χ3v) is 4.32. The van der Waals surface area contributed by atoms with Gasteiger partial charge in [-0.1, -0.05) is 15.9 Å². The summed E-state index contributed by atoms with van der Waals surface area (Å²) in [6, 6.07) is 6.97. The number of halogens is 2. The molecule has 0 saturated heterocycles. The third-order valence-electron chi connectivity index (χ3n) is 2.48. The van der Waals surface area contributed by atoms with Crippen LogP contribution in [0, 0.1) is 5.82 Å². The number of pyridine rings is 1. The minimum Gasteiger partial charge on any atom is -0.373 e. The molecule has 0 atom stereocenters. The molecule has 2 N–H and O–H groups in total. The van der Waals surface area contributed by atoms with E-state index in [4.69, 9.17) is 0 Å². The SMILES string of the molecule is CNc1ccc(S(=O)(=O)Nc2ccc(Br)cc2F)cn1. The van der Waals surface area contributed by atoms with Crippen LogP contribution >= 0.6 is 15.9 Å². The summed E-state index contributed by atoms with van der Waals surface area (Å²) in [6.07, 6.45) is 1.20. The molecular formula is C12H11BrFN3O2S. The van der Waals surface area contributed by atoms with Crippen LogP contribution in [0.25, 0.3) is 0 Å². The van der Waals surface area contributed by atoms with E-state index in [-0.39, 0.29) is 10.6 Å².